The minimum absolute atomic E-state index is 0.603. The van der Waals surface area contributed by atoms with Crippen LogP contribution in [0.3, 0.4) is 0 Å². The summed E-state index contributed by atoms with van der Waals surface area (Å²) < 4.78 is 1.16. The molecule has 0 aromatic heterocycles. The lowest BCUT2D eigenvalue weighted by atomic mass is 9.92. The Morgan fingerprint density at radius 1 is 1.38 bits per heavy atom. The Bertz CT molecular complexity index is 356. The first-order chi connectivity index (χ1) is 7.62. The van der Waals surface area contributed by atoms with Gasteiger partial charge in [-0.3, -0.25) is 0 Å². The molecule has 1 nitrogen and oxygen atoms in total. The van der Waals surface area contributed by atoms with Crippen LogP contribution in [-0.2, 0) is 6.54 Å². The van der Waals surface area contributed by atoms with Gasteiger partial charge in [-0.25, -0.2) is 0 Å². The fraction of sp³-hybridized carbons (Fsp3) is 0.571. The summed E-state index contributed by atoms with van der Waals surface area (Å²) in [6.45, 7) is 6.83. The number of halogens is 1. The minimum atomic E-state index is 0.603. The average molecular weight is 282 g/mol. The van der Waals surface area contributed by atoms with Crippen LogP contribution in [0, 0.1) is 11.3 Å². The van der Waals surface area contributed by atoms with Crippen molar-refractivity contribution < 1.29 is 0 Å². The fourth-order valence-electron chi connectivity index (χ4n) is 2.22. The second-order valence-corrected chi connectivity index (χ2v) is 6.17. The normalized spacial score (nSPS) is 17.8. The highest BCUT2D eigenvalue weighted by Crippen LogP contribution is 2.51. The minimum Gasteiger partial charge on any atom is -0.312 e. The quantitative estimate of drug-likeness (QED) is 0.861. The maximum atomic E-state index is 3.59. The summed E-state index contributed by atoms with van der Waals surface area (Å²) >= 11 is 3.50. The van der Waals surface area contributed by atoms with Crippen LogP contribution in [0.4, 0.5) is 0 Å². The Kier molecular flexibility index (Phi) is 3.70. The molecular weight excluding hydrogens is 262 g/mol. The highest BCUT2D eigenvalue weighted by Gasteiger charge is 2.44. The van der Waals surface area contributed by atoms with Crippen molar-refractivity contribution in [2.45, 2.75) is 33.2 Å². The van der Waals surface area contributed by atoms with Crippen molar-refractivity contribution in [3.8, 4) is 0 Å². The van der Waals surface area contributed by atoms with Crippen molar-refractivity contribution in [2.75, 3.05) is 6.54 Å². The summed E-state index contributed by atoms with van der Waals surface area (Å²) in [5.41, 5.74) is 1.96. The largest absolute Gasteiger partial charge is 0.312 e. The van der Waals surface area contributed by atoms with E-state index in [0.717, 1.165) is 23.5 Å². The summed E-state index contributed by atoms with van der Waals surface area (Å²) in [6, 6.07) is 8.52. The smallest absolute Gasteiger partial charge is 0.0206 e. The van der Waals surface area contributed by atoms with Crippen molar-refractivity contribution >= 4 is 15.9 Å². The van der Waals surface area contributed by atoms with E-state index in [0.29, 0.717) is 5.41 Å². The number of nitrogens with one attached hydrogen (secondary N) is 1. The molecule has 1 saturated carbocycles. The number of benzene rings is 1. The summed E-state index contributed by atoms with van der Waals surface area (Å²) in [5, 5.41) is 3.59. The number of hydrogen-bond acceptors (Lipinski definition) is 1. The first-order valence-electron chi connectivity index (χ1n) is 6.08. The summed E-state index contributed by atoms with van der Waals surface area (Å²) in [6.07, 6.45) is 2.80. The third kappa shape index (κ3) is 2.86. The molecule has 0 spiro atoms. The third-order valence-electron chi connectivity index (χ3n) is 3.81. The van der Waals surface area contributed by atoms with Crippen LogP contribution in [0.1, 0.15) is 32.3 Å². The SMILES string of the molecule is CC(C)C1(CNCc2cccc(Br)c2)CC1. The second kappa shape index (κ2) is 4.89. The van der Waals surface area contributed by atoms with E-state index in [4.69, 9.17) is 0 Å². The van der Waals surface area contributed by atoms with Gasteiger partial charge >= 0.3 is 0 Å². The maximum Gasteiger partial charge on any atom is 0.0206 e. The molecule has 1 fully saturated rings. The molecule has 88 valence electrons. The van der Waals surface area contributed by atoms with Gasteiger partial charge in [-0.15, -0.1) is 0 Å². The average Bonchev–Trinajstić information content (AvgIpc) is 2.99. The predicted octanol–water partition coefficient (Wildman–Crippen LogP) is 3.97. The lowest BCUT2D eigenvalue weighted by molar-refractivity contribution is 0.338. The fourth-order valence-corrected chi connectivity index (χ4v) is 2.67. The monoisotopic (exact) mass is 281 g/mol. The molecule has 16 heavy (non-hydrogen) atoms. The summed E-state index contributed by atoms with van der Waals surface area (Å²) in [4.78, 5) is 0. The van der Waals surface area contributed by atoms with E-state index < -0.39 is 0 Å². The van der Waals surface area contributed by atoms with E-state index in [2.05, 4.69) is 59.4 Å². The highest BCUT2D eigenvalue weighted by atomic mass is 79.9. The van der Waals surface area contributed by atoms with Gasteiger partial charge in [0.25, 0.3) is 0 Å². The lowest BCUT2D eigenvalue weighted by Gasteiger charge is -2.20. The van der Waals surface area contributed by atoms with Crippen LogP contribution in [0.25, 0.3) is 0 Å². The molecule has 0 amide bonds. The molecule has 1 aromatic rings. The van der Waals surface area contributed by atoms with Gasteiger partial charge in [0.15, 0.2) is 0 Å². The molecule has 0 radical (unpaired) electrons. The van der Waals surface area contributed by atoms with Gasteiger partial charge in [0.05, 0.1) is 0 Å². The first kappa shape index (κ1) is 12.1. The van der Waals surface area contributed by atoms with Crippen molar-refractivity contribution in [2.24, 2.45) is 11.3 Å². The van der Waals surface area contributed by atoms with E-state index in [1.54, 1.807) is 0 Å². The zero-order valence-electron chi connectivity index (χ0n) is 10.1. The van der Waals surface area contributed by atoms with Gasteiger partial charge in [-0.05, 0) is 41.9 Å². The van der Waals surface area contributed by atoms with Gasteiger partial charge < -0.3 is 5.32 Å². The highest BCUT2D eigenvalue weighted by molar-refractivity contribution is 9.10. The van der Waals surface area contributed by atoms with Crippen LogP contribution in [-0.4, -0.2) is 6.54 Å². The molecule has 1 N–H and O–H groups in total. The lowest BCUT2D eigenvalue weighted by Crippen LogP contribution is -2.27. The van der Waals surface area contributed by atoms with Crippen LogP contribution in [0.2, 0.25) is 0 Å². The standard InChI is InChI=1S/C14H20BrN/c1-11(2)14(6-7-14)10-16-9-12-4-3-5-13(15)8-12/h3-5,8,11,16H,6-7,9-10H2,1-2H3. The Hall–Kier alpha value is -0.340. The molecule has 2 rings (SSSR count). The predicted molar refractivity (Wildman–Crippen MR) is 72.4 cm³/mol. The van der Waals surface area contributed by atoms with E-state index in [1.807, 2.05) is 0 Å². The second-order valence-electron chi connectivity index (χ2n) is 5.25. The number of hydrogen-bond donors (Lipinski definition) is 1. The zero-order chi connectivity index (χ0) is 11.6. The van der Waals surface area contributed by atoms with Crippen LogP contribution >= 0.6 is 15.9 Å². The number of rotatable bonds is 5. The zero-order valence-corrected chi connectivity index (χ0v) is 11.7. The Balaban J connectivity index is 1.80. The molecule has 0 heterocycles. The molecule has 0 aliphatic heterocycles. The van der Waals surface area contributed by atoms with E-state index in [-0.39, 0.29) is 0 Å². The van der Waals surface area contributed by atoms with E-state index in [9.17, 15) is 0 Å². The molecule has 0 bridgehead atoms. The van der Waals surface area contributed by atoms with Crippen molar-refractivity contribution in [1.82, 2.24) is 5.32 Å². The molecule has 1 aliphatic rings. The topological polar surface area (TPSA) is 12.0 Å². The van der Waals surface area contributed by atoms with E-state index >= 15 is 0 Å². The molecule has 1 aliphatic carbocycles. The van der Waals surface area contributed by atoms with Gasteiger partial charge in [0.2, 0.25) is 0 Å². The van der Waals surface area contributed by atoms with Crippen LogP contribution in [0.15, 0.2) is 28.7 Å². The molecule has 0 atom stereocenters. The van der Waals surface area contributed by atoms with Crippen LogP contribution in [0.5, 0.6) is 0 Å². The third-order valence-corrected chi connectivity index (χ3v) is 4.31. The van der Waals surface area contributed by atoms with Crippen molar-refractivity contribution in [3.05, 3.63) is 34.3 Å². The molecule has 1 aromatic carbocycles. The van der Waals surface area contributed by atoms with Crippen LogP contribution < -0.4 is 5.32 Å². The van der Waals surface area contributed by atoms with Gasteiger partial charge in [0, 0.05) is 17.6 Å². The van der Waals surface area contributed by atoms with Gasteiger partial charge in [0.1, 0.15) is 0 Å². The molecule has 0 unspecified atom stereocenters. The van der Waals surface area contributed by atoms with Crippen molar-refractivity contribution in [1.29, 1.82) is 0 Å². The van der Waals surface area contributed by atoms with Gasteiger partial charge in [-0.1, -0.05) is 41.9 Å². The van der Waals surface area contributed by atoms with E-state index in [1.165, 1.54) is 18.4 Å². The summed E-state index contributed by atoms with van der Waals surface area (Å²) in [7, 11) is 0. The molecule has 0 saturated heterocycles. The Morgan fingerprint density at radius 2 is 2.12 bits per heavy atom. The Labute approximate surface area is 107 Å². The maximum absolute atomic E-state index is 3.59. The first-order valence-corrected chi connectivity index (χ1v) is 6.87. The van der Waals surface area contributed by atoms with Crippen molar-refractivity contribution in [3.63, 3.8) is 0 Å². The molecular formula is C14H20BrN. The molecule has 2 heteroatoms. The van der Waals surface area contributed by atoms with Gasteiger partial charge in [-0.2, -0.15) is 0 Å². The Morgan fingerprint density at radius 3 is 2.69 bits per heavy atom. The summed E-state index contributed by atoms with van der Waals surface area (Å²) in [5.74, 6) is 0.808.